The quantitative estimate of drug-likeness (QED) is 0.531. The maximum atomic E-state index is 12.5. The first-order valence-electron chi connectivity index (χ1n) is 13.0. The summed E-state index contributed by atoms with van der Waals surface area (Å²) in [4.78, 5) is 30.7. The van der Waals surface area contributed by atoms with E-state index in [0.29, 0.717) is 18.4 Å². The van der Waals surface area contributed by atoms with Crippen LogP contribution in [0.4, 0.5) is 17.5 Å². The molecule has 35 heavy (non-hydrogen) atoms. The topological polar surface area (TPSA) is 79.2 Å². The van der Waals surface area contributed by atoms with Crippen LogP contribution in [0.15, 0.2) is 36.8 Å². The van der Waals surface area contributed by atoms with Crippen molar-refractivity contribution < 1.29 is 4.79 Å². The second-order valence-electron chi connectivity index (χ2n) is 11.1. The van der Waals surface area contributed by atoms with Crippen molar-refractivity contribution in [1.29, 1.82) is 0 Å². The summed E-state index contributed by atoms with van der Waals surface area (Å²) >= 11 is 0. The molecule has 186 valence electrons. The summed E-state index contributed by atoms with van der Waals surface area (Å²) < 4.78 is 2.30. The van der Waals surface area contributed by atoms with Crippen LogP contribution in [0.5, 0.6) is 0 Å². The van der Waals surface area contributed by atoms with Gasteiger partial charge in [-0.3, -0.25) is 4.79 Å². The number of carbonyl (C=O) groups excluding carboxylic acids is 1. The Hall–Kier alpha value is -3.16. The lowest BCUT2D eigenvalue weighted by Crippen LogP contribution is -2.48. The van der Waals surface area contributed by atoms with E-state index in [9.17, 15) is 4.79 Å². The minimum absolute atomic E-state index is 0.190. The molecule has 1 saturated heterocycles. The number of aromatic nitrogens is 4. The molecule has 1 amide bonds. The Morgan fingerprint density at radius 2 is 1.80 bits per heavy atom. The largest absolute Gasteiger partial charge is 0.367 e. The van der Waals surface area contributed by atoms with Crippen molar-refractivity contribution >= 4 is 34.4 Å². The van der Waals surface area contributed by atoms with Crippen LogP contribution in [0.25, 0.3) is 11.0 Å². The van der Waals surface area contributed by atoms with E-state index >= 15 is 0 Å². The highest BCUT2D eigenvalue weighted by molar-refractivity contribution is 5.77. The smallest absolute Gasteiger partial charge is 0.230 e. The molecule has 2 aliphatic rings. The Kier molecular flexibility index (Phi) is 6.62. The third kappa shape index (κ3) is 5.57. The monoisotopic (exact) mass is 475 g/mol. The van der Waals surface area contributed by atoms with Crippen molar-refractivity contribution in [3.05, 3.63) is 36.8 Å². The van der Waals surface area contributed by atoms with Crippen LogP contribution in [-0.4, -0.2) is 56.5 Å². The molecule has 0 radical (unpaired) electrons. The van der Waals surface area contributed by atoms with E-state index in [2.05, 4.69) is 63.9 Å². The third-order valence-corrected chi connectivity index (χ3v) is 7.25. The first-order chi connectivity index (χ1) is 16.9. The highest BCUT2D eigenvalue weighted by Crippen LogP contribution is 2.32. The van der Waals surface area contributed by atoms with Crippen LogP contribution in [0.1, 0.15) is 65.3 Å². The zero-order valence-electron chi connectivity index (χ0n) is 21.2. The number of piperazine rings is 1. The number of amides is 1. The minimum atomic E-state index is 0.190. The molecule has 4 heterocycles. The summed E-state index contributed by atoms with van der Waals surface area (Å²) in [5.74, 6) is 1.56. The average Bonchev–Trinajstić information content (AvgIpc) is 3.52. The fraction of sp³-hybridized carbons (Fsp3) is 0.556. The number of hydrogen-bond donors (Lipinski definition) is 1. The van der Waals surface area contributed by atoms with Crippen molar-refractivity contribution in [2.75, 3.05) is 36.4 Å². The van der Waals surface area contributed by atoms with Gasteiger partial charge in [-0.1, -0.05) is 33.6 Å². The summed E-state index contributed by atoms with van der Waals surface area (Å²) in [6.45, 7) is 9.73. The molecular weight excluding hydrogens is 438 g/mol. The predicted molar refractivity (Wildman–Crippen MR) is 140 cm³/mol. The average molecular weight is 476 g/mol. The number of anilines is 3. The molecule has 3 aromatic rings. The SMILES string of the molecule is CC(C)(C)CCC(=O)N1CCN(c2ccc(Nc3ncc4ccn(C5CCCC5)c4n3)nc2)CC1. The second-order valence-corrected chi connectivity index (χ2v) is 11.1. The van der Waals surface area contributed by atoms with E-state index in [1.54, 1.807) is 0 Å². The molecule has 0 aromatic carbocycles. The van der Waals surface area contributed by atoms with Crippen LogP contribution in [-0.2, 0) is 4.79 Å². The number of fused-ring (bicyclic) bond motifs is 1. The van der Waals surface area contributed by atoms with E-state index in [1.165, 1.54) is 25.7 Å². The van der Waals surface area contributed by atoms with Gasteiger partial charge in [0.15, 0.2) is 0 Å². The molecule has 8 heteroatoms. The van der Waals surface area contributed by atoms with Gasteiger partial charge in [-0.15, -0.1) is 0 Å². The summed E-state index contributed by atoms with van der Waals surface area (Å²) in [6, 6.07) is 6.69. The Morgan fingerprint density at radius 3 is 2.49 bits per heavy atom. The van der Waals surface area contributed by atoms with Crippen LogP contribution in [0, 0.1) is 5.41 Å². The number of hydrogen-bond acceptors (Lipinski definition) is 6. The minimum Gasteiger partial charge on any atom is -0.367 e. The van der Waals surface area contributed by atoms with Crippen LogP contribution in [0.3, 0.4) is 0 Å². The third-order valence-electron chi connectivity index (χ3n) is 7.25. The van der Waals surface area contributed by atoms with Crippen LogP contribution < -0.4 is 10.2 Å². The number of nitrogens with one attached hydrogen (secondary N) is 1. The highest BCUT2D eigenvalue weighted by Gasteiger charge is 2.23. The van der Waals surface area contributed by atoms with Gasteiger partial charge in [0.05, 0.1) is 11.9 Å². The van der Waals surface area contributed by atoms with Crippen molar-refractivity contribution in [3.63, 3.8) is 0 Å². The fourth-order valence-corrected chi connectivity index (χ4v) is 5.09. The molecule has 0 atom stereocenters. The van der Waals surface area contributed by atoms with Crippen molar-refractivity contribution in [3.8, 4) is 0 Å². The summed E-state index contributed by atoms with van der Waals surface area (Å²) in [7, 11) is 0. The predicted octanol–water partition coefficient (Wildman–Crippen LogP) is 5.16. The zero-order valence-corrected chi connectivity index (χ0v) is 21.2. The number of carbonyl (C=O) groups is 1. The van der Waals surface area contributed by atoms with Gasteiger partial charge in [-0.25, -0.2) is 9.97 Å². The maximum Gasteiger partial charge on any atom is 0.230 e. The molecule has 1 aliphatic carbocycles. The number of nitrogens with zero attached hydrogens (tertiary/aromatic N) is 6. The van der Waals surface area contributed by atoms with Crippen LogP contribution in [0.2, 0.25) is 0 Å². The molecule has 3 aromatic heterocycles. The van der Waals surface area contributed by atoms with Gasteiger partial charge >= 0.3 is 0 Å². The van der Waals surface area contributed by atoms with Crippen molar-refractivity contribution in [2.45, 2.75) is 65.3 Å². The first-order valence-corrected chi connectivity index (χ1v) is 13.0. The normalized spacial score (nSPS) is 17.3. The lowest BCUT2D eigenvalue weighted by molar-refractivity contribution is -0.132. The summed E-state index contributed by atoms with van der Waals surface area (Å²) in [5.41, 5.74) is 2.25. The van der Waals surface area contributed by atoms with Gasteiger partial charge in [-0.2, -0.15) is 4.98 Å². The highest BCUT2D eigenvalue weighted by atomic mass is 16.2. The number of rotatable bonds is 6. The molecule has 0 bridgehead atoms. The van der Waals surface area contributed by atoms with Gasteiger partial charge in [0.25, 0.3) is 0 Å². The molecule has 0 spiro atoms. The summed E-state index contributed by atoms with van der Waals surface area (Å²) in [6.07, 6.45) is 12.5. The molecule has 8 nitrogen and oxygen atoms in total. The molecule has 1 aliphatic heterocycles. The van der Waals surface area contributed by atoms with Gasteiger partial charge < -0.3 is 19.7 Å². The van der Waals surface area contributed by atoms with E-state index < -0.39 is 0 Å². The van der Waals surface area contributed by atoms with E-state index in [1.807, 2.05) is 23.4 Å². The van der Waals surface area contributed by atoms with Crippen LogP contribution >= 0.6 is 0 Å². The van der Waals surface area contributed by atoms with Gasteiger partial charge in [0.1, 0.15) is 11.5 Å². The lowest BCUT2D eigenvalue weighted by Gasteiger charge is -2.36. The standard InChI is InChI=1S/C27H37N7O/c1-27(2,3)12-10-24(35)33-16-14-32(15-17-33)22-8-9-23(28-19-22)30-26-29-18-20-11-13-34(25(20)31-26)21-6-4-5-7-21/h8-9,11,13,18-19,21H,4-7,10,12,14-17H2,1-3H3,(H,28,29,30,31). The molecule has 2 fully saturated rings. The van der Waals surface area contributed by atoms with Crippen molar-refractivity contribution in [2.24, 2.45) is 5.41 Å². The summed E-state index contributed by atoms with van der Waals surface area (Å²) in [5, 5.41) is 4.33. The Balaban J connectivity index is 1.18. The molecule has 1 saturated carbocycles. The Bertz CT molecular complexity index is 1150. The van der Waals surface area contributed by atoms with Gasteiger partial charge in [0.2, 0.25) is 11.9 Å². The fourth-order valence-electron chi connectivity index (χ4n) is 5.09. The Labute approximate surface area is 207 Å². The Morgan fingerprint density at radius 1 is 1.03 bits per heavy atom. The molecule has 0 unspecified atom stereocenters. The molecular formula is C27H37N7O. The first kappa shape index (κ1) is 23.6. The number of pyridine rings is 1. The molecule has 1 N–H and O–H groups in total. The molecule has 5 rings (SSSR count). The van der Waals surface area contributed by atoms with E-state index in [4.69, 9.17) is 4.98 Å². The van der Waals surface area contributed by atoms with Crippen molar-refractivity contribution in [1.82, 2.24) is 24.4 Å². The second kappa shape index (κ2) is 9.84. The lowest BCUT2D eigenvalue weighted by atomic mass is 9.90. The van der Waals surface area contributed by atoms with E-state index in [-0.39, 0.29) is 11.3 Å². The zero-order chi connectivity index (χ0) is 24.4. The van der Waals surface area contributed by atoms with E-state index in [0.717, 1.165) is 55.1 Å². The van der Waals surface area contributed by atoms with Gasteiger partial charge in [-0.05, 0) is 42.9 Å². The van der Waals surface area contributed by atoms with Gasteiger partial charge in [0, 0.05) is 56.4 Å². The maximum absolute atomic E-state index is 12.5.